The van der Waals surface area contributed by atoms with Crippen molar-refractivity contribution in [3.8, 4) is 11.5 Å². The van der Waals surface area contributed by atoms with Crippen molar-refractivity contribution in [3.63, 3.8) is 0 Å². The van der Waals surface area contributed by atoms with Crippen molar-refractivity contribution in [2.75, 3.05) is 31.7 Å². The number of nitrogens with one attached hydrogen (secondary N) is 1. The molecule has 1 N–H and O–H groups in total. The van der Waals surface area contributed by atoms with Crippen molar-refractivity contribution in [1.82, 2.24) is 5.43 Å². The molecule has 9 nitrogen and oxygen atoms in total. The van der Waals surface area contributed by atoms with Gasteiger partial charge in [-0.2, -0.15) is 5.10 Å². The smallest absolute Gasteiger partial charge is 0.277 e. The lowest BCUT2D eigenvalue weighted by Crippen LogP contribution is -2.32. The summed E-state index contributed by atoms with van der Waals surface area (Å²) in [5, 5.41) is 15.3. The number of non-ortho nitro benzene ring substituents is 1. The van der Waals surface area contributed by atoms with Crippen LogP contribution in [0.1, 0.15) is 33.3 Å². The van der Waals surface area contributed by atoms with Crippen LogP contribution in [0.3, 0.4) is 0 Å². The second-order valence-corrected chi connectivity index (χ2v) is 8.43. The van der Waals surface area contributed by atoms with Gasteiger partial charge in [0, 0.05) is 36.5 Å². The number of carbonyl (C=O) groups excluding carboxylic acids is 1. The number of hydrogen-bond acceptors (Lipinski definition) is 7. The molecule has 0 unspecified atom stereocenters. The zero-order valence-electron chi connectivity index (χ0n) is 19.8. The summed E-state index contributed by atoms with van der Waals surface area (Å²) < 4.78 is 10.7. The quantitative estimate of drug-likeness (QED) is 0.291. The van der Waals surface area contributed by atoms with Crippen LogP contribution >= 0.6 is 0 Å². The number of rotatable bonds is 12. The largest absolute Gasteiger partial charge is 0.493 e. The topological polar surface area (TPSA) is 106 Å². The van der Waals surface area contributed by atoms with E-state index in [1.54, 1.807) is 30.3 Å². The molecule has 0 saturated carbocycles. The summed E-state index contributed by atoms with van der Waals surface area (Å²) in [7, 11) is 1.52. The SMILES string of the molecule is COc1ccccc1OCC(=O)NN=Cc1cc([N+](=O)[O-])ccc1N(CC(C)C)CC(C)C. The minimum atomic E-state index is -0.467. The zero-order chi connectivity index (χ0) is 24.4. The average molecular weight is 457 g/mol. The maximum Gasteiger partial charge on any atom is 0.277 e. The number of carbonyl (C=O) groups is 1. The van der Waals surface area contributed by atoms with Gasteiger partial charge in [-0.25, -0.2) is 5.43 Å². The second-order valence-electron chi connectivity index (χ2n) is 8.43. The Morgan fingerprint density at radius 3 is 2.33 bits per heavy atom. The Hall–Kier alpha value is -3.62. The van der Waals surface area contributed by atoms with Gasteiger partial charge in [-0.1, -0.05) is 39.8 Å². The van der Waals surface area contributed by atoms with E-state index in [0.717, 1.165) is 18.8 Å². The molecule has 0 aromatic heterocycles. The minimum absolute atomic E-state index is 0.0416. The van der Waals surface area contributed by atoms with Crippen LogP contribution in [-0.4, -0.2) is 43.9 Å². The molecule has 0 atom stereocenters. The minimum Gasteiger partial charge on any atom is -0.493 e. The summed E-state index contributed by atoms with van der Waals surface area (Å²) in [6.07, 6.45) is 1.43. The molecule has 2 aromatic carbocycles. The van der Waals surface area contributed by atoms with E-state index in [4.69, 9.17) is 9.47 Å². The Bertz CT molecular complexity index is 965. The first kappa shape index (κ1) is 25.6. The van der Waals surface area contributed by atoms with Crippen LogP contribution in [0.15, 0.2) is 47.6 Å². The monoisotopic (exact) mass is 456 g/mol. The van der Waals surface area contributed by atoms with E-state index in [2.05, 4.69) is 43.1 Å². The Kier molecular flexibility index (Phi) is 9.65. The molecule has 9 heteroatoms. The molecule has 0 aliphatic carbocycles. The Labute approximate surface area is 194 Å². The van der Waals surface area contributed by atoms with E-state index in [1.165, 1.54) is 25.5 Å². The van der Waals surface area contributed by atoms with E-state index >= 15 is 0 Å². The van der Waals surface area contributed by atoms with Crippen molar-refractivity contribution in [3.05, 3.63) is 58.1 Å². The summed E-state index contributed by atoms with van der Waals surface area (Å²) in [6, 6.07) is 11.7. The van der Waals surface area contributed by atoms with E-state index in [9.17, 15) is 14.9 Å². The molecular weight excluding hydrogens is 424 g/mol. The van der Waals surface area contributed by atoms with Crippen molar-refractivity contribution in [1.29, 1.82) is 0 Å². The van der Waals surface area contributed by atoms with E-state index in [-0.39, 0.29) is 12.3 Å². The molecule has 2 aromatic rings. The van der Waals surface area contributed by atoms with Gasteiger partial charge < -0.3 is 14.4 Å². The van der Waals surface area contributed by atoms with E-state index in [1.807, 2.05) is 0 Å². The number of para-hydroxylation sites is 2. The number of anilines is 1. The number of nitrogens with zero attached hydrogens (tertiary/aromatic N) is 3. The highest BCUT2D eigenvalue weighted by atomic mass is 16.6. The highest BCUT2D eigenvalue weighted by Crippen LogP contribution is 2.27. The first-order chi connectivity index (χ1) is 15.7. The van der Waals surface area contributed by atoms with Crippen LogP contribution in [0.2, 0.25) is 0 Å². The van der Waals surface area contributed by atoms with Crippen LogP contribution in [0.25, 0.3) is 0 Å². The highest BCUT2D eigenvalue weighted by molar-refractivity contribution is 5.90. The van der Waals surface area contributed by atoms with Crippen LogP contribution in [0.4, 0.5) is 11.4 Å². The van der Waals surface area contributed by atoms with E-state index in [0.29, 0.717) is 28.9 Å². The number of nitro groups is 1. The van der Waals surface area contributed by atoms with Gasteiger partial charge in [-0.15, -0.1) is 0 Å². The van der Waals surface area contributed by atoms with Crippen molar-refractivity contribution < 1.29 is 19.2 Å². The summed E-state index contributed by atoms with van der Waals surface area (Å²) in [4.78, 5) is 25.2. The van der Waals surface area contributed by atoms with Crippen LogP contribution < -0.4 is 19.8 Å². The molecule has 0 bridgehead atoms. The molecule has 0 fully saturated rings. The Morgan fingerprint density at radius 2 is 1.76 bits per heavy atom. The molecule has 0 radical (unpaired) electrons. The zero-order valence-corrected chi connectivity index (χ0v) is 19.8. The fraction of sp³-hybridized carbons (Fsp3) is 0.417. The number of nitro benzene ring substituents is 1. The molecule has 0 saturated heterocycles. The van der Waals surface area contributed by atoms with Gasteiger partial charge in [0.1, 0.15) is 0 Å². The normalized spacial score (nSPS) is 11.1. The van der Waals surface area contributed by atoms with Gasteiger partial charge in [0.2, 0.25) is 0 Å². The third-order valence-electron chi connectivity index (χ3n) is 4.55. The van der Waals surface area contributed by atoms with Crippen molar-refractivity contribution >= 4 is 23.5 Å². The number of ether oxygens (including phenoxy) is 2. The summed E-state index contributed by atoms with van der Waals surface area (Å²) >= 11 is 0. The molecule has 1 amide bonds. The van der Waals surface area contributed by atoms with Crippen molar-refractivity contribution in [2.45, 2.75) is 27.7 Å². The molecule has 0 spiro atoms. The predicted octanol–water partition coefficient (Wildman–Crippen LogP) is 4.25. The van der Waals surface area contributed by atoms with Crippen molar-refractivity contribution in [2.24, 2.45) is 16.9 Å². The van der Waals surface area contributed by atoms with Gasteiger partial charge in [-0.05, 0) is 30.0 Å². The number of hydrazone groups is 1. The lowest BCUT2D eigenvalue weighted by molar-refractivity contribution is -0.384. The third-order valence-corrected chi connectivity index (χ3v) is 4.55. The third kappa shape index (κ3) is 8.10. The molecule has 0 aliphatic heterocycles. The number of methoxy groups -OCH3 is 1. The summed E-state index contributed by atoms with van der Waals surface area (Å²) in [5.41, 5.74) is 3.75. The lowest BCUT2D eigenvalue weighted by Gasteiger charge is -2.29. The molecule has 178 valence electrons. The summed E-state index contributed by atoms with van der Waals surface area (Å²) in [6.45, 7) is 9.80. The number of hydrogen-bond donors (Lipinski definition) is 1. The maximum atomic E-state index is 12.2. The number of amides is 1. The standard InChI is InChI=1S/C24H32N4O5/c1-17(2)14-27(15-18(3)4)21-11-10-20(28(30)31)12-19(21)13-25-26-24(29)16-33-23-9-7-6-8-22(23)32-5/h6-13,17-18H,14-16H2,1-5H3,(H,26,29). The molecule has 0 aliphatic rings. The fourth-order valence-corrected chi connectivity index (χ4v) is 3.29. The van der Waals surface area contributed by atoms with Gasteiger partial charge in [0.15, 0.2) is 18.1 Å². The average Bonchev–Trinajstić information content (AvgIpc) is 2.76. The lowest BCUT2D eigenvalue weighted by atomic mass is 10.1. The number of benzene rings is 2. The van der Waals surface area contributed by atoms with Crippen LogP contribution in [0.5, 0.6) is 11.5 Å². The van der Waals surface area contributed by atoms with Gasteiger partial charge in [0.05, 0.1) is 18.2 Å². The fourth-order valence-electron chi connectivity index (χ4n) is 3.29. The molecule has 0 heterocycles. The van der Waals surface area contributed by atoms with Crippen LogP contribution in [0, 0.1) is 22.0 Å². The highest BCUT2D eigenvalue weighted by Gasteiger charge is 2.17. The first-order valence-electron chi connectivity index (χ1n) is 10.8. The summed E-state index contributed by atoms with van der Waals surface area (Å²) in [5.74, 6) is 1.29. The maximum absolute atomic E-state index is 12.2. The molecule has 33 heavy (non-hydrogen) atoms. The predicted molar refractivity (Wildman–Crippen MR) is 129 cm³/mol. The Morgan fingerprint density at radius 1 is 1.12 bits per heavy atom. The molecular formula is C24H32N4O5. The Balaban J connectivity index is 2.16. The van der Waals surface area contributed by atoms with Gasteiger partial charge in [-0.3, -0.25) is 14.9 Å². The molecule has 2 rings (SSSR count). The second kappa shape index (κ2) is 12.4. The van der Waals surface area contributed by atoms with Gasteiger partial charge >= 0.3 is 0 Å². The van der Waals surface area contributed by atoms with Crippen LogP contribution in [-0.2, 0) is 4.79 Å². The van der Waals surface area contributed by atoms with Gasteiger partial charge in [0.25, 0.3) is 11.6 Å². The van der Waals surface area contributed by atoms with E-state index < -0.39 is 10.8 Å². The first-order valence-corrected chi connectivity index (χ1v) is 10.8.